The Hall–Kier alpha value is -2.00. The lowest BCUT2D eigenvalue weighted by molar-refractivity contribution is 0.413. The summed E-state index contributed by atoms with van der Waals surface area (Å²) in [4.78, 5) is 0. The molecule has 0 aromatic heterocycles. The van der Waals surface area contributed by atoms with Crippen molar-refractivity contribution in [3.63, 3.8) is 0 Å². The van der Waals surface area contributed by atoms with E-state index in [1.54, 1.807) is 12.1 Å². The summed E-state index contributed by atoms with van der Waals surface area (Å²) >= 11 is 0. The van der Waals surface area contributed by atoms with Crippen LogP contribution in [0.1, 0.15) is 16.7 Å². The van der Waals surface area contributed by atoms with Gasteiger partial charge in [0.2, 0.25) is 0 Å². The van der Waals surface area contributed by atoms with Crippen LogP contribution in [0.3, 0.4) is 0 Å². The number of benzene rings is 1. The van der Waals surface area contributed by atoms with Crippen LogP contribution >= 0.6 is 0 Å². The van der Waals surface area contributed by atoms with Crippen LogP contribution in [0.5, 0.6) is 5.75 Å². The molecule has 0 amide bonds. The monoisotopic (exact) mass is 186 g/mol. The number of hydrogen-bond donors (Lipinski definition) is 0. The van der Waals surface area contributed by atoms with E-state index in [4.69, 9.17) is 15.3 Å². The Kier molecular flexibility index (Phi) is 3.09. The molecule has 0 aliphatic carbocycles. The van der Waals surface area contributed by atoms with Gasteiger partial charge in [-0.2, -0.15) is 10.5 Å². The Labute approximate surface area is 83.2 Å². The maximum atomic E-state index is 8.80. The van der Waals surface area contributed by atoms with Crippen LogP contribution < -0.4 is 4.74 Å². The summed E-state index contributed by atoms with van der Waals surface area (Å²) in [6, 6.07) is 7.61. The molecule has 0 aliphatic rings. The second-order valence-electron chi connectivity index (χ2n) is 2.93. The summed E-state index contributed by atoms with van der Waals surface area (Å²) in [5.74, 6) is 0.531. The van der Waals surface area contributed by atoms with Gasteiger partial charge in [-0.05, 0) is 30.2 Å². The standard InChI is InChI=1S/C11H10N2O/c1-8-5-10(7-13)11(14-2)6-9(8)3-4-12/h5-6H,3H2,1-2H3. The first kappa shape index (κ1) is 10.1. The van der Waals surface area contributed by atoms with Gasteiger partial charge < -0.3 is 4.74 Å². The first-order valence-electron chi connectivity index (χ1n) is 4.17. The van der Waals surface area contributed by atoms with Gasteiger partial charge in [0.1, 0.15) is 11.8 Å². The smallest absolute Gasteiger partial charge is 0.136 e. The van der Waals surface area contributed by atoms with Crippen LogP contribution in [-0.4, -0.2) is 7.11 Å². The van der Waals surface area contributed by atoms with Crippen LogP contribution in [0.15, 0.2) is 12.1 Å². The van der Waals surface area contributed by atoms with Crippen LogP contribution in [0.25, 0.3) is 0 Å². The van der Waals surface area contributed by atoms with Crippen molar-refractivity contribution in [1.29, 1.82) is 10.5 Å². The molecule has 70 valence electrons. The third-order valence-corrected chi connectivity index (χ3v) is 2.05. The highest BCUT2D eigenvalue weighted by Crippen LogP contribution is 2.22. The topological polar surface area (TPSA) is 56.8 Å². The number of hydrogen-bond acceptors (Lipinski definition) is 3. The molecule has 1 rings (SSSR count). The van der Waals surface area contributed by atoms with E-state index in [9.17, 15) is 0 Å². The van der Waals surface area contributed by atoms with E-state index in [1.165, 1.54) is 7.11 Å². The van der Waals surface area contributed by atoms with Crippen LogP contribution in [0.2, 0.25) is 0 Å². The lowest BCUT2D eigenvalue weighted by atomic mass is 10.0. The van der Waals surface area contributed by atoms with Crippen molar-refractivity contribution in [2.24, 2.45) is 0 Å². The van der Waals surface area contributed by atoms with E-state index in [1.807, 2.05) is 13.0 Å². The molecule has 0 heterocycles. The predicted molar refractivity (Wildman–Crippen MR) is 51.8 cm³/mol. The van der Waals surface area contributed by atoms with Gasteiger partial charge in [-0.1, -0.05) is 0 Å². The minimum Gasteiger partial charge on any atom is -0.495 e. The van der Waals surface area contributed by atoms with Gasteiger partial charge in [0.15, 0.2) is 0 Å². The Bertz CT molecular complexity index is 424. The molecule has 14 heavy (non-hydrogen) atoms. The molecule has 3 heteroatoms. The zero-order valence-corrected chi connectivity index (χ0v) is 8.16. The molecule has 3 nitrogen and oxygen atoms in total. The Morgan fingerprint density at radius 3 is 2.57 bits per heavy atom. The van der Waals surface area contributed by atoms with Crippen LogP contribution in [0, 0.1) is 29.6 Å². The number of nitriles is 2. The van der Waals surface area contributed by atoms with E-state index in [-0.39, 0.29) is 0 Å². The second kappa shape index (κ2) is 4.30. The molecule has 0 fully saturated rings. The molecule has 0 aliphatic heterocycles. The number of methoxy groups -OCH3 is 1. The lowest BCUT2D eigenvalue weighted by Crippen LogP contribution is -1.94. The maximum absolute atomic E-state index is 8.80. The van der Waals surface area contributed by atoms with Crippen molar-refractivity contribution in [2.45, 2.75) is 13.3 Å². The van der Waals surface area contributed by atoms with Crippen molar-refractivity contribution >= 4 is 0 Å². The van der Waals surface area contributed by atoms with E-state index in [0.29, 0.717) is 17.7 Å². The third kappa shape index (κ3) is 1.84. The van der Waals surface area contributed by atoms with Gasteiger partial charge in [-0.25, -0.2) is 0 Å². The fourth-order valence-corrected chi connectivity index (χ4v) is 1.26. The SMILES string of the molecule is COc1cc(CC#N)c(C)cc1C#N. The van der Waals surface area contributed by atoms with Crippen LogP contribution in [-0.2, 0) is 6.42 Å². The van der Waals surface area contributed by atoms with E-state index >= 15 is 0 Å². The third-order valence-electron chi connectivity index (χ3n) is 2.05. The van der Waals surface area contributed by atoms with Gasteiger partial charge >= 0.3 is 0 Å². The summed E-state index contributed by atoms with van der Waals surface area (Å²) in [7, 11) is 1.52. The fraction of sp³-hybridized carbons (Fsp3) is 0.273. The van der Waals surface area contributed by atoms with Crippen molar-refractivity contribution in [3.8, 4) is 17.9 Å². The molecule has 1 aromatic rings. The number of rotatable bonds is 2. The normalized spacial score (nSPS) is 8.86. The summed E-state index contributed by atoms with van der Waals surface area (Å²) in [5.41, 5.74) is 2.36. The number of ether oxygens (including phenoxy) is 1. The molecule has 0 radical (unpaired) electrons. The lowest BCUT2D eigenvalue weighted by Gasteiger charge is -2.07. The molecule has 0 saturated heterocycles. The van der Waals surface area contributed by atoms with E-state index in [0.717, 1.165) is 11.1 Å². The molecular formula is C11H10N2O. The first-order chi connectivity index (χ1) is 6.72. The highest BCUT2D eigenvalue weighted by molar-refractivity contribution is 5.49. The molecular weight excluding hydrogens is 176 g/mol. The largest absolute Gasteiger partial charge is 0.495 e. The van der Waals surface area contributed by atoms with Gasteiger partial charge in [-0.15, -0.1) is 0 Å². The van der Waals surface area contributed by atoms with Gasteiger partial charge in [0, 0.05) is 0 Å². The number of aryl methyl sites for hydroxylation is 1. The quantitative estimate of drug-likeness (QED) is 0.709. The minimum atomic E-state index is 0.341. The van der Waals surface area contributed by atoms with E-state index < -0.39 is 0 Å². The Balaban J connectivity index is 3.26. The summed E-state index contributed by atoms with van der Waals surface area (Å²) in [6.45, 7) is 1.88. The molecule has 0 spiro atoms. The van der Waals surface area contributed by atoms with E-state index in [2.05, 4.69) is 6.07 Å². The Morgan fingerprint density at radius 2 is 2.07 bits per heavy atom. The van der Waals surface area contributed by atoms with Crippen LogP contribution in [0.4, 0.5) is 0 Å². The average Bonchev–Trinajstić information content (AvgIpc) is 2.20. The fourth-order valence-electron chi connectivity index (χ4n) is 1.26. The Morgan fingerprint density at radius 1 is 1.36 bits per heavy atom. The average molecular weight is 186 g/mol. The van der Waals surface area contributed by atoms with Gasteiger partial charge in [0.05, 0.1) is 25.2 Å². The molecule has 0 atom stereocenters. The van der Waals surface area contributed by atoms with Crippen molar-refractivity contribution in [1.82, 2.24) is 0 Å². The van der Waals surface area contributed by atoms with Crippen molar-refractivity contribution < 1.29 is 4.74 Å². The predicted octanol–water partition coefficient (Wildman–Crippen LogP) is 1.94. The molecule has 0 bridgehead atoms. The molecule has 1 aromatic carbocycles. The summed E-state index contributed by atoms with van der Waals surface area (Å²) in [6.07, 6.45) is 0.341. The first-order valence-corrected chi connectivity index (χ1v) is 4.17. The summed E-state index contributed by atoms with van der Waals surface area (Å²) in [5, 5.41) is 17.4. The highest BCUT2D eigenvalue weighted by atomic mass is 16.5. The zero-order chi connectivity index (χ0) is 10.6. The molecule has 0 N–H and O–H groups in total. The number of nitrogens with zero attached hydrogens (tertiary/aromatic N) is 2. The van der Waals surface area contributed by atoms with Crippen molar-refractivity contribution in [3.05, 3.63) is 28.8 Å². The molecule has 0 saturated carbocycles. The zero-order valence-electron chi connectivity index (χ0n) is 8.16. The summed E-state index contributed by atoms with van der Waals surface area (Å²) < 4.78 is 5.05. The second-order valence-corrected chi connectivity index (χ2v) is 2.93. The highest BCUT2D eigenvalue weighted by Gasteiger charge is 2.06. The van der Waals surface area contributed by atoms with Gasteiger partial charge in [-0.3, -0.25) is 0 Å². The van der Waals surface area contributed by atoms with Crippen molar-refractivity contribution in [2.75, 3.05) is 7.11 Å². The maximum Gasteiger partial charge on any atom is 0.136 e. The molecule has 0 unspecified atom stereocenters. The minimum absolute atomic E-state index is 0.341. The van der Waals surface area contributed by atoms with Gasteiger partial charge in [0.25, 0.3) is 0 Å².